The van der Waals surface area contributed by atoms with Crippen molar-refractivity contribution in [3.8, 4) is 0 Å². The Morgan fingerprint density at radius 3 is 2.83 bits per heavy atom. The van der Waals surface area contributed by atoms with Gasteiger partial charge in [-0.05, 0) is 74.1 Å². The van der Waals surface area contributed by atoms with E-state index in [2.05, 4.69) is 15.3 Å². The van der Waals surface area contributed by atoms with Gasteiger partial charge in [0.1, 0.15) is 5.70 Å². The van der Waals surface area contributed by atoms with Crippen LogP contribution >= 0.6 is 0 Å². The van der Waals surface area contributed by atoms with Crippen molar-refractivity contribution < 1.29 is 9.53 Å². The van der Waals surface area contributed by atoms with E-state index >= 15 is 0 Å². The highest BCUT2D eigenvalue weighted by atomic mass is 16.5. The molecule has 5 aliphatic rings. The van der Waals surface area contributed by atoms with Crippen molar-refractivity contribution in [1.82, 2.24) is 20.2 Å². The number of H-pyrrole nitrogens is 1. The van der Waals surface area contributed by atoms with Crippen LogP contribution < -0.4 is 5.32 Å². The Hall–Kier alpha value is -2.67. The number of likely N-dealkylation sites (N-methyl/N-ethyl adjacent to an activating group) is 1. The zero-order valence-electron chi connectivity index (χ0n) is 17.4. The molecule has 2 unspecified atom stereocenters. The van der Waals surface area contributed by atoms with E-state index in [9.17, 15) is 4.79 Å². The monoisotopic (exact) mass is 405 g/mol. The molecule has 1 aromatic carbocycles. The zero-order chi connectivity index (χ0) is 20.5. The number of aromatic amines is 1. The van der Waals surface area contributed by atoms with Gasteiger partial charge in [0.05, 0.1) is 23.0 Å². The van der Waals surface area contributed by atoms with Gasteiger partial charge in [-0.2, -0.15) is 0 Å². The first-order valence-corrected chi connectivity index (χ1v) is 10.8. The predicted molar refractivity (Wildman–Crippen MR) is 115 cm³/mol. The number of carbonyl (C=O) groups is 1. The number of fused-ring (bicyclic) bond motifs is 1. The molecule has 2 aromatic rings. The number of aliphatic imine (C=N–C) groups is 1. The molecule has 1 aromatic heterocycles. The Bertz CT molecular complexity index is 1090. The largest absolute Gasteiger partial charge is 0.378 e. The first-order valence-electron chi connectivity index (χ1n) is 10.8. The summed E-state index contributed by atoms with van der Waals surface area (Å²) in [7, 11) is 3.67. The highest BCUT2D eigenvalue weighted by molar-refractivity contribution is 6.13. The topological polar surface area (TPSA) is 82.6 Å². The molecule has 0 saturated heterocycles. The molecule has 4 fully saturated rings. The standard InChI is InChI=1S/C23H27N5O2/c1-28-20(29)19(7-14-3-4-17-18(6-14)25-13-24-17)26-21(28)27-22-8-15-5-16(9-22)11-23(10-15,12-22)30-2/h3-4,6-7,13,15-16H,5,8-12H2,1-2H3,(H,24,25)(H,26,27)/b19-7-. The normalized spacial score (nSPS) is 36.2. The van der Waals surface area contributed by atoms with Gasteiger partial charge in [0, 0.05) is 19.7 Å². The van der Waals surface area contributed by atoms with Gasteiger partial charge in [-0.1, -0.05) is 6.07 Å². The fourth-order valence-corrected chi connectivity index (χ4v) is 6.71. The van der Waals surface area contributed by atoms with Crippen molar-refractivity contribution in [3.63, 3.8) is 0 Å². The third-order valence-electron chi connectivity index (χ3n) is 7.63. The van der Waals surface area contributed by atoms with Gasteiger partial charge in [0.15, 0.2) is 0 Å². The highest BCUT2D eigenvalue weighted by Gasteiger charge is 2.58. The lowest BCUT2D eigenvalue weighted by atomic mass is 9.51. The van der Waals surface area contributed by atoms with Gasteiger partial charge in [-0.25, -0.2) is 9.98 Å². The number of methoxy groups -OCH3 is 1. The van der Waals surface area contributed by atoms with Crippen LogP contribution in [-0.4, -0.2) is 52.0 Å². The lowest BCUT2D eigenvalue weighted by Gasteiger charge is -2.61. The molecule has 30 heavy (non-hydrogen) atoms. The summed E-state index contributed by atoms with van der Waals surface area (Å²) in [4.78, 5) is 26.6. The van der Waals surface area contributed by atoms with Gasteiger partial charge < -0.3 is 15.0 Å². The minimum atomic E-state index is -0.0780. The lowest BCUT2D eigenvalue weighted by Crippen LogP contribution is -2.67. The van der Waals surface area contributed by atoms with E-state index in [4.69, 9.17) is 9.73 Å². The van der Waals surface area contributed by atoms with Crippen molar-refractivity contribution >= 4 is 29.0 Å². The number of nitrogens with zero attached hydrogens (tertiary/aromatic N) is 3. The first-order chi connectivity index (χ1) is 14.5. The van der Waals surface area contributed by atoms with E-state index in [0.717, 1.165) is 35.9 Å². The number of aromatic nitrogens is 2. The van der Waals surface area contributed by atoms with Gasteiger partial charge in [-0.15, -0.1) is 0 Å². The second-order valence-electron chi connectivity index (χ2n) is 9.76. The number of benzene rings is 1. The van der Waals surface area contributed by atoms with E-state index in [1.165, 1.54) is 19.3 Å². The van der Waals surface area contributed by atoms with E-state index in [0.29, 0.717) is 23.5 Å². The summed E-state index contributed by atoms with van der Waals surface area (Å²) in [6.45, 7) is 0. The predicted octanol–water partition coefficient (Wildman–Crippen LogP) is 3.06. The number of hydrogen-bond donors (Lipinski definition) is 2. The smallest absolute Gasteiger partial charge is 0.279 e. The number of rotatable bonds is 3. The fraction of sp³-hybridized carbons (Fsp3) is 0.522. The second kappa shape index (κ2) is 6.17. The molecule has 7 rings (SSSR count). The van der Waals surface area contributed by atoms with Crippen LogP contribution in [0.25, 0.3) is 17.1 Å². The summed E-state index contributed by atoms with van der Waals surface area (Å²) in [5.41, 5.74) is 3.22. The molecular weight excluding hydrogens is 378 g/mol. The lowest BCUT2D eigenvalue weighted by molar-refractivity contribution is -0.157. The van der Waals surface area contributed by atoms with Crippen LogP contribution in [0, 0.1) is 11.8 Å². The van der Waals surface area contributed by atoms with Gasteiger partial charge in [0.25, 0.3) is 5.91 Å². The molecular formula is C23H27N5O2. The second-order valence-corrected chi connectivity index (χ2v) is 9.76. The van der Waals surface area contributed by atoms with Crippen molar-refractivity contribution in [2.45, 2.75) is 49.7 Å². The average Bonchev–Trinajstić information content (AvgIpc) is 3.27. The van der Waals surface area contributed by atoms with Crippen molar-refractivity contribution in [3.05, 3.63) is 35.8 Å². The van der Waals surface area contributed by atoms with E-state index < -0.39 is 0 Å². The Balaban J connectivity index is 1.30. The number of carbonyl (C=O) groups excluding carboxylic acids is 1. The zero-order valence-corrected chi connectivity index (χ0v) is 17.4. The Labute approximate surface area is 175 Å². The third kappa shape index (κ3) is 2.71. The molecule has 156 valence electrons. The third-order valence-corrected chi connectivity index (χ3v) is 7.63. The number of imidazole rings is 1. The minimum absolute atomic E-state index is 0.00350. The van der Waals surface area contributed by atoms with Crippen LogP contribution in [0.15, 0.2) is 35.2 Å². The number of nitrogens with one attached hydrogen (secondary N) is 2. The molecule has 0 spiro atoms. The molecule has 4 bridgehead atoms. The average molecular weight is 406 g/mol. The molecule has 4 aliphatic carbocycles. The van der Waals surface area contributed by atoms with Crippen LogP contribution in [0.2, 0.25) is 0 Å². The van der Waals surface area contributed by atoms with Gasteiger partial charge >= 0.3 is 0 Å². The molecule has 2 atom stereocenters. The SMILES string of the molecule is COC12CC3CC(CC(NC4=N/C(=C\c5ccc6[nH]cnc6c5)C(=O)N4C)(C3)C1)C2. The van der Waals surface area contributed by atoms with Crippen molar-refractivity contribution in [2.75, 3.05) is 14.2 Å². The van der Waals surface area contributed by atoms with E-state index in [-0.39, 0.29) is 17.0 Å². The van der Waals surface area contributed by atoms with Gasteiger partial charge in [-0.3, -0.25) is 9.69 Å². The van der Waals surface area contributed by atoms with Crippen molar-refractivity contribution in [1.29, 1.82) is 0 Å². The highest BCUT2D eigenvalue weighted by Crippen LogP contribution is 2.58. The van der Waals surface area contributed by atoms with E-state index in [1.54, 1.807) is 18.3 Å². The van der Waals surface area contributed by atoms with Crippen LogP contribution in [0.5, 0.6) is 0 Å². The summed E-state index contributed by atoms with van der Waals surface area (Å²) >= 11 is 0. The molecule has 7 nitrogen and oxygen atoms in total. The van der Waals surface area contributed by atoms with Crippen molar-refractivity contribution in [2.24, 2.45) is 16.8 Å². The summed E-state index contributed by atoms with van der Waals surface area (Å²) < 4.78 is 6.04. The molecule has 1 aliphatic heterocycles. The molecule has 7 heteroatoms. The summed E-state index contributed by atoms with van der Waals surface area (Å²) in [6, 6.07) is 5.91. The maximum absolute atomic E-state index is 12.9. The fourth-order valence-electron chi connectivity index (χ4n) is 6.71. The maximum Gasteiger partial charge on any atom is 0.279 e. The first kappa shape index (κ1) is 18.1. The molecule has 1 amide bonds. The Kier molecular flexibility index (Phi) is 3.73. The van der Waals surface area contributed by atoms with Crippen LogP contribution in [-0.2, 0) is 9.53 Å². The number of amides is 1. The molecule has 2 N–H and O–H groups in total. The molecule has 0 radical (unpaired) electrons. The quantitative estimate of drug-likeness (QED) is 0.769. The maximum atomic E-state index is 12.9. The van der Waals surface area contributed by atoms with Crippen LogP contribution in [0.4, 0.5) is 0 Å². The Morgan fingerprint density at radius 1 is 1.27 bits per heavy atom. The number of ether oxygens (including phenoxy) is 1. The molecule has 4 saturated carbocycles. The Morgan fingerprint density at radius 2 is 2.07 bits per heavy atom. The number of hydrogen-bond acceptors (Lipinski definition) is 5. The van der Waals surface area contributed by atoms with Crippen LogP contribution in [0.1, 0.15) is 44.1 Å². The molecule has 2 heterocycles. The van der Waals surface area contributed by atoms with Crippen LogP contribution in [0.3, 0.4) is 0 Å². The summed E-state index contributed by atoms with van der Waals surface area (Å²) in [5.74, 6) is 2.00. The summed E-state index contributed by atoms with van der Waals surface area (Å²) in [6.07, 6.45) is 10.5. The van der Waals surface area contributed by atoms with E-state index in [1.807, 2.05) is 31.4 Å². The number of guanidine groups is 1. The minimum Gasteiger partial charge on any atom is -0.378 e. The summed E-state index contributed by atoms with van der Waals surface area (Å²) in [5, 5.41) is 3.72. The van der Waals surface area contributed by atoms with Gasteiger partial charge in [0.2, 0.25) is 5.96 Å².